The van der Waals surface area contributed by atoms with E-state index in [0.717, 1.165) is 14.7 Å². The van der Waals surface area contributed by atoms with Crippen LogP contribution in [0.3, 0.4) is 0 Å². The summed E-state index contributed by atoms with van der Waals surface area (Å²) in [6.45, 7) is 6.81. The summed E-state index contributed by atoms with van der Waals surface area (Å²) < 4.78 is 26.5. The second-order valence-electron chi connectivity index (χ2n) is 6.48. The van der Waals surface area contributed by atoms with Gasteiger partial charge in [-0.1, -0.05) is 23.7 Å². The van der Waals surface area contributed by atoms with Crippen LogP contribution in [0.1, 0.15) is 10.4 Å². The van der Waals surface area contributed by atoms with Crippen LogP contribution < -0.4 is 5.32 Å². The quantitative estimate of drug-likeness (QED) is 0.604. The molecule has 0 aliphatic rings. The molecule has 0 saturated carbocycles. The molecule has 0 aliphatic carbocycles. The molecule has 1 aromatic carbocycles. The molecule has 1 aromatic heterocycles. The van der Waals surface area contributed by atoms with Gasteiger partial charge in [0.05, 0.1) is 15.8 Å². The third-order valence-electron chi connectivity index (χ3n) is 4.02. The van der Waals surface area contributed by atoms with Crippen LogP contribution in [0.4, 0.5) is 5.69 Å². The first-order valence-corrected chi connectivity index (χ1v) is 11.2. The van der Waals surface area contributed by atoms with Crippen molar-refractivity contribution in [2.24, 2.45) is 0 Å². The number of halogens is 1. The van der Waals surface area contributed by atoms with Crippen molar-refractivity contribution in [3.8, 4) is 0 Å². The molecule has 0 fully saturated rings. The summed E-state index contributed by atoms with van der Waals surface area (Å²) in [5.41, 5.74) is 1.26. The number of aryl methyl sites for hydroxylation is 1. The summed E-state index contributed by atoms with van der Waals surface area (Å²) in [7, 11) is -0.635. The van der Waals surface area contributed by atoms with E-state index >= 15 is 0 Å². The molecule has 0 saturated heterocycles. The standard InChI is InChI=1S/C19H24ClN3O3S2/c1-5-10-23(12-15-7-9-18(20)27-15)13-19(24)21-17-11-16(8-6-14(17)2)28(25,26)22(3)4/h5-9,11H,1,10,12-13H2,2-4H3,(H,21,24). The zero-order valence-electron chi connectivity index (χ0n) is 16.1. The van der Waals surface area contributed by atoms with Crippen LogP contribution in [-0.2, 0) is 21.4 Å². The molecule has 2 aromatic rings. The Morgan fingerprint density at radius 1 is 1.29 bits per heavy atom. The lowest BCUT2D eigenvalue weighted by molar-refractivity contribution is -0.117. The summed E-state index contributed by atoms with van der Waals surface area (Å²) in [5, 5.41) is 2.82. The highest BCUT2D eigenvalue weighted by Gasteiger charge is 2.19. The van der Waals surface area contributed by atoms with Gasteiger partial charge in [-0.2, -0.15) is 0 Å². The van der Waals surface area contributed by atoms with Gasteiger partial charge in [-0.15, -0.1) is 17.9 Å². The van der Waals surface area contributed by atoms with Gasteiger partial charge in [-0.3, -0.25) is 9.69 Å². The zero-order valence-corrected chi connectivity index (χ0v) is 18.5. The van der Waals surface area contributed by atoms with E-state index in [0.29, 0.717) is 23.1 Å². The second-order valence-corrected chi connectivity index (χ2v) is 10.4. The summed E-state index contributed by atoms with van der Waals surface area (Å²) >= 11 is 7.44. The molecule has 28 heavy (non-hydrogen) atoms. The van der Waals surface area contributed by atoms with Crippen molar-refractivity contribution < 1.29 is 13.2 Å². The molecule has 9 heteroatoms. The van der Waals surface area contributed by atoms with E-state index in [1.807, 2.05) is 24.0 Å². The second kappa shape index (κ2) is 9.67. The predicted octanol–water partition coefficient (Wildman–Crippen LogP) is 3.59. The highest BCUT2D eigenvalue weighted by atomic mass is 35.5. The third-order valence-corrected chi connectivity index (χ3v) is 7.05. The molecular weight excluding hydrogens is 418 g/mol. The van der Waals surface area contributed by atoms with Crippen molar-refractivity contribution in [3.63, 3.8) is 0 Å². The maximum absolute atomic E-state index is 12.6. The highest BCUT2D eigenvalue weighted by molar-refractivity contribution is 7.89. The molecule has 2 rings (SSSR count). The minimum Gasteiger partial charge on any atom is -0.325 e. The average molecular weight is 442 g/mol. The van der Waals surface area contributed by atoms with Crippen LogP contribution in [0.2, 0.25) is 4.34 Å². The third kappa shape index (κ3) is 5.89. The fraction of sp³-hybridized carbons (Fsp3) is 0.316. The molecule has 1 heterocycles. The number of hydrogen-bond donors (Lipinski definition) is 1. The van der Waals surface area contributed by atoms with Crippen LogP contribution in [0.15, 0.2) is 47.9 Å². The number of amides is 1. The first-order valence-electron chi connectivity index (χ1n) is 8.54. The Morgan fingerprint density at radius 2 is 2.00 bits per heavy atom. The Hall–Kier alpha value is -1.71. The average Bonchev–Trinajstić information content (AvgIpc) is 3.01. The molecule has 0 unspecified atom stereocenters. The van der Waals surface area contributed by atoms with Gasteiger partial charge in [0.25, 0.3) is 0 Å². The van der Waals surface area contributed by atoms with Gasteiger partial charge in [0.1, 0.15) is 0 Å². The van der Waals surface area contributed by atoms with Gasteiger partial charge in [0.15, 0.2) is 0 Å². The van der Waals surface area contributed by atoms with E-state index in [2.05, 4.69) is 11.9 Å². The summed E-state index contributed by atoms with van der Waals surface area (Å²) in [5.74, 6) is -0.230. The predicted molar refractivity (Wildman–Crippen MR) is 115 cm³/mol. The maximum atomic E-state index is 12.6. The normalized spacial score (nSPS) is 11.8. The number of carbonyl (C=O) groups excluding carboxylic acids is 1. The van der Waals surface area contributed by atoms with E-state index < -0.39 is 10.0 Å². The number of anilines is 1. The largest absolute Gasteiger partial charge is 0.325 e. The fourth-order valence-corrected chi connectivity index (χ4v) is 4.58. The number of benzene rings is 1. The molecule has 1 amide bonds. The SMILES string of the molecule is C=CCN(CC(=O)Nc1cc(S(=O)(=O)N(C)C)ccc1C)Cc1ccc(Cl)s1. The summed E-state index contributed by atoms with van der Waals surface area (Å²) in [4.78, 5) is 15.7. The summed E-state index contributed by atoms with van der Waals surface area (Å²) in [6, 6.07) is 8.46. The van der Waals surface area contributed by atoms with Crippen molar-refractivity contribution in [2.45, 2.75) is 18.4 Å². The zero-order chi connectivity index (χ0) is 20.9. The Morgan fingerprint density at radius 3 is 2.57 bits per heavy atom. The van der Waals surface area contributed by atoms with Crippen molar-refractivity contribution in [3.05, 3.63) is 57.8 Å². The molecule has 152 valence electrons. The number of thiophene rings is 1. The molecule has 0 spiro atoms. The van der Waals surface area contributed by atoms with Gasteiger partial charge >= 0.3 is 0 Å². The van der Waals surface area contributed by atoms with Gasteiger partial charge in [0, 0.05) is 37.7 Å². The van der Waals surface area contributed by atoms with Gasteiger partial charge < -0.3 is 5.32 Å². The molecule has 0 bridgehead atoms. The van der Waals surface area contributed by atoms with Crippen molar-refractivity contribution in [1.29, 1.82) is 0 Å². The number of carbonyl (C=O) groups is 1. The van der Waals surface area contributed by atoms with Crippen LogP contribution in [0, 0.1) is 6.92 Å². The molecule has 0 atom stereocenters. The van der Waals surface area contributed by atoms with Crippen LogP contribution in [0.25, 0.3) is 0 Å². The Labute approximate surface area is 175 Å². The maximum Gasteiger partial charge on any atom is 0.242 e. The number of hydrogen-bond acceptors (Lipinski definition) is 5. The van der Waals surface area contributed by atoms with Crippen LogP contribution in [0.5, 0.6) is 0 Å². The van der Waals surface area contributed by atoms with E-state index in [9.17, 15) is 13.2 Å². The topological polar surface area (TPSA) is 69.7 Å². The van der Waals surface area contributed by atoms with E-state index in [-0.39, 0.29) is 17.3 Å². The fourth-order valence-electron chi connectivity index (χ4n) is 2.52. The molecular formula is C19H24ClN3O3S2. The lowest BCUT2D eigenvalue weighted by Crippen LogP contribution is -2.33. The minimum absolute atomic E-state index is 0.134. The molecule has 0 radical (unpaired) electrons. The minimum atomic E-state index is -3.57. The first kappa shape index (κ1) is 22.6. The molecule has 0 aliphatic heterocycles. The number of sulfonamides is 1. The number of rotatable bonds is 9. The van der Waals surface area contributed by atoms with E-state index in [4.69, 9.17) is 11.6 Å². The number of nitrogens with one attached hydrogen (secondary N) is 1. The van der Waals surface area contributed by atoms with Crippen molar-refractivity contribution in [1.82, 2.24) is 9.21 Å². The molecule has 6 nitrogen and oxygen atoms in total. The van der Waals surface area contributed by atoms with Gasteiger partial charge in [0.2, 0.25) is 15.9 Å². The Bertz CT molecular complexity index is 955. The highest BCUT2D eigenvalue weighted by Crippen LogP contribution is 2.24. The van der Waals surface area contributed by atoms with E-state index in [1.165, 1.54) is 37.6 Å². The van der Waals surface area contributed by atoms with Crippen molar-refractivity contribution in [2.75, 3.05) is 32.5 Å². The Kier molecular flexibility index (Phi) is 7.79. The van der Waals surface area contributed by atoms with Crippen LogP contribution in [-0.4, -0.2) is 50.7 Å². The van der Waals surface area contributed by atoms with Gasteiger partial charge in [-0.05, 0) is 36.8 Å². The lowest BCUT2D eigenvalue weighted by Gasteiger charge is -2.20. The first-order chi connectivity index (χ1) is 13.1. The smallest absolute Gasteiger partial charge is 0.242 e. The number of nitrogens with zero attached hydrogens (tertiary/aromatic N) is 2. The van der Waals surface area contributed by atoms with Crippen LogP contribution >= 0.6 is 22.9 Å². The van der Waals surface area contributed by atoms with Crippen molar-refractivity contribution >= 4 is 44.6 Å². The summed E-state index contributed by atoms with van der Waals surface area (Å²) in [6.07, 6.45) is 1.73. The van der Waals surface area contributed by atoms with E-state index in [1.54, 1.807) is 12.1 Å². The molecule has 1 N–H and O–H groups in total. The Balaban J connectivity index is 2.13. The van der Waals surface area contributed by atoms with Gasteiger partial charge in [-0.25, -0.2) is 12.7 Å². The monoisotopic (exact) mass is 441 g/mol. The lowest BCUT2D eigenvalue weighted by atomic mass is 10.2.